The summed E-state index contributed by atoms with van der Waals surface area (Å²) < 4.78 is 39.0. The smallest absolute Gasteiger partial charge is 0.261 e. The van der Waals surface area contributed by atoms with Gasteiger partial charge >= 0.3 is 0 Å². The lowest BCUT2D eigenvalue weighted by molar-refractivity contribution is 0.0951. The Balaban J connectivity index is 1.77. The van der Waals surface area contributed by atoms with Crippen LogP contribution in [0.5, 0.6) is 11.5 Å². The van der Waals surface area contributed by atoms with E-state index in [0.29, 0.717) is 23.8 Å². The first-order valence-corrected chi connectivity index (χ1v) is 12.1. The molecule has 174 valence electrons. The van der Waals surface area contributed by atoms with Gasteiger partial charge < -0.3 is 14.8 Å². The van der Waals surface area contributed by atoms with Gasteiger partial charge in [-0.05, 0) is 67.4 Å². The number of benzene rings is 3. The minimum atomic E-state index is -3.91. The van der Waals surface area contributed by atoms with E-state index >= 15 is 0 Å². The maximum Gasteiger partial charge on any atom is 0.261 e. The Labute approximate surface area is 198 Å². The number of aryl methyl sites for hydroxylation is 1. The number of carbonyl (C=O) groups is 1. The van der Waals surface area contributed by atoms with Gasteiger partial charge in [0.25, 0.3) is 15.9 Å². The number of carbonyl (C=O) groups excluding carboxylic acids is 1. The first-order chi connectivity index (χ1) is 15.7. The Kier molecular flexibility index (Phi) is 7.84. The molecule has 1 amide bonds. The van der Waals surface area contributed by atoms with Gasteiger partial charge in [-0.2, -0.15) is 0 Å². The predicted molar refractivity (Wildman–Crippen MR) is 129 cm³/mol. The van der Waals surface area contributed by atoms with Crippen LogP contribution in [0.25, 0.3) is 0 Å². The summed E-state index contributed by atoms with van der Waals surface area (Å²) in [4.78, 5) is 12.7. The van der Waals surface area contributed by atoms with Crippen LogP contribution in [0.4, 0.5) is 5.69 Å². The number of rotatable bonds is 9. The molecule has 0 saturated heterocycles. The van der Waals surface area contributed by atoms with Gasteiger partial charge in [-0.3, -0.25) is 9.52 Å². The van der Waals surface area contributed by atoms with E-state index in [9.17, 15) is 13.2 Å². The molecule has 7 nitrogen and oxygen atoms in total. The van der Waals surface area contributed by atoms with Crippen molar-refractivity contribution in [3.05, 3.63) is 82.4 Å². The second-order valence-corrected chi connectivity index (χ2v) is 9.31. The third-order valence-electron chi connectivity index (χ3n) is 4.74. The van der Waals surface area contributed by atoms with Gasteiger partial charge in [0, 0.05) is 12.2 Å². The molecule has 0 aliphatic rings. The number of hydrogen-bond donors (Lipinski definition) is 2. The summed E-state index contributed by atoms with van der Waals surface area (Å²) in [5, 5.41) is 2.90. The third kappa shape index (κ3) is 6.18. The number of nitrogens with one attached hydrogen (secondary N) is 2. The largest absolute Gasteiger partial charge is 0.493 e. The van der Waals surface area contributed by atoms with Crippen molar-refractivity contribution < 1.29 is 22.7 Å². The molecule has 3 aromatic carbocycles. The first kappa shape index (κ1) is 24.4. The van der Waals surface area contributed by atoms with Crippen molar-refractivity contribution in [2.75, 3.05) is 18.4 Å². The van der Waals surface area contributed by atoms with Gasteiger partial charge in [0.1, 0.15) is 0 Å². The maximum atomic E-state index is 12.8. The molecule has 0 atom stereocenters. The van der Waals surface area contributed by atoms with E-state index in [-0.39, 0.29) is 22.0 Å². The van der Waals surface area contributed by atoms with Crippen LogP contribution < -0.4 is 19.5 Å². The van der Waals surface area contributed by atoms with E-state index in [1.165, 1.54) is 25.3 Å². The summed E-state index contributed by atoms with van der Waals surface area (Å²) in [6.07, 6.45) is 0. The summed E-state index contributed by atoms with van der Waals surface area (Å²) in [6, 6.07) is 16.3. The summed E-state index contributed by atoms with van der Waals surface area (Å²) in [5.74, 6) is 0.662. The number of anilines is 1. The van der Waals surface area contributed by atoms with Crippen molar-refractivity contribution in [1.82, 2.24) is 5.32 Å². The molecule has 3 rings (SSSR count). The minimum absolute atomic E-state index is 0.0571. The average Bonchev–Trinajstić information content (AvgIpc) is 2.78. The normalized spacial score (nSPS) is 11.0. The molecular weight excluding hydrogens is 464 g/mol. The van der Waals surface area contributed by atoms with E-state index in [0.717, 1.165) is 11.1 Å². The van der Waals surface area contributed by atoms with Gasteiger partial charge in [0.05, 0.1) is 29.2 Å². The highest BCUT2D eigenvalue weighted by Crippen LogP contribution is 2.28. The lowest BCUT2D eigenvalue weighted by atomic mass is 10.1. The highest BCUT2D eigenvalue weighted by atomic mass is 35.5. The molecular formula is C24H25ClN2O5S. The molecule has 33 heavy (non-hydrogen) atoms. The van der Waals surface area contributed by atoms with Gasteiger partial charge in [-0.25, -0.2) is 8.42 Å². The number of hydrogen-bond acceptors (Lipinski definition) is 5. The fraction of sp³-hybridized carbons (Fsp3) is 0.208. The topological polar surface area (TPSA) is 93.7 Å². The van der Waals surface area contributed by atoms with Crippen LogP contribution in [-0.4, -0.2) is 28.0 Å². The van der Waals surface area contributed by atoms with Gasteiger partial charge in [-0.15, -0.1) is 0 Å². The second-order valence-electron chi connectivity index (χ2n) is 7.22. The minimum Gasteiger partial charge on any atom is -0.493 e. The zero-order valence-corrected chi connectivity index (χ0v) is 20.1. The number of amides is 1. The molecule has 0 spiro atoms. The molecule has 0 fully saturated rings. The number of sulfonamides is 1. The van der Waals surface area contributed by atoms with Crippen LogP contribution >= 0.6 is 11.6 Å². The SMILES string of the molecule is CCOc1ccc(CNC(=O)c2cc(S(=O)(=O)Nc3cccc(C)c3)ccc2Cl)cc1OC. The number of halogens is 1. The van der Waals surface area contributed by atoms with E-state index in [2.05, 4.69) is 10.0 Å². The molecule has 0 aliphatic carbocycles. The van der Waals surface area contributed by atoms with Crippen molar-refractivity contribution in [1.29, 1.82) is 0 Å². The molecule has 3 aromatic rings. The summed E-state index contributed by atoms with van der Waals surface area (Å²) in [7, 11) is -2.37. The fourth-order valence-electron chi connectivity index (χ4n) is 3.14. The molecule has 0 aromatic heterocycles. The van der Waals surface area contributed by atoms with Gasteiger partial charge in [0.2, 0.25) is 0 Å². The highest BCUT2D eigenvalue weighted by Gasteiger charge is 2.19. The summed E-state index contributed by atoms with van der Waals surface area (Å²) >= 11 is 6.19. The van der Waals surface area contributed by atoms with E-state index in [1.54, 1.807) is 30.3 Å². The first-order valence-electron chi connectivity index (χ1n) is 10.2. The predicted octanol–water partition coefficient (Wildman–Crippen LogP) is 4.79. The van der Waals surface area contributed by atoms with Crippen LogP contribution in [0.1, 0.15) is 28.4 Å². The standard InChI is InChI=1S/C24H25ClN2O5S/c1-4-32-22-11-8-17(13-23(22)31-3)15-26-24(28)20-14-19(9-10-21(20)25)33(29,30)27-18-7-5-6-16(2)12-18/h5-14,27H,4,15H2,1-3H3,(H,26,28). The Morgan fingerprint density at radius 3 is 2.52 bits per heavy atom. The molecule has 0 saturated carbocycles. The molecule has 9 heteroatoms. The Bertz CT molecular complexity index is 1260. The van der Waals surface area contributed by atoms with Crippen molar-refractivity contribution in [2.24, 2.45) is 0 Å². The van der Waals surface area contributed by atoms with E-state index in [1.807, 2.05) is 26.0 Å². The van der Waals surface area contributed by atoms with Crippen molar-refractivity contribution in [2.45, 2.75) is 25.3 Å². The zero-order valence-electron chi connectivity index (χ0n) is 18.5. The Hall–Kier alpha value is -3.23. The van der Waals surface area contributed by atoms with Crippen LogP contribution in [0, 0.1) is 6.92 Å². The lowest BCUT2D eigenvalue weighted by Gasteiger charge is -2.13. The van der Waals surface area contributed by atoms with Gasteiger partial charge in [0.15, 0.2) is 11.5 Å². The van der Waals surface area contributed by atoms with Crippen LogP contribution in [0.15, 0.2) is 65.6 Å². The molecule has 0 bridgehead atoms. The molecule has 0 unspecified atom stereocenters. The number of ether oxygens (including phenoxy) is 2. The maximum absolute atomic E-state index is 12.8. The average molecular weight is 489 g/mol. The third-order valence-corrected chi connectivity index (χ3v) is 6.45. The van der Waals surface area contributed by atoms with Crippen LogP contribution in [0.2, 0.25) is 5.02 Å². The van der Waals surface area contributed by atoms with Crippen LogP contribution in [-0.2, 0) is 16.6 Å². The van der Waals surface area contributed by atoms with Crippen molar-refractivity contribution in [3.63, 3.8) is 0 Å². The Morgan fingerprint density at radius 1 is 1.03 bits per heavy atom. The zero-order chi connectivity index (χ0) is 24.0. The number of methoxy groups -OCH3 is 1. The highest BCUT2D eigenvalue weighted by molar-refractivity contribution is 7.92. The lowest BCUT2D eigenvalue weighted by Crippen LogP contribution is -2.24. The van der Waals surface area contributed by atoms with E-state index < -0.39 is 15.9 Å². The molecule has 0 heterocycles. The molecule has 0 aliphatic heterocycles. The summed E-state index contributed by atoms with van der Waals surface area (Å²) in [6.45, 7) is 4.43. The molecule has 2 N–H and O–H groups in total. The molecule has 0 radical (unpaired) electrons. The van der Waals surface area contributed by atoms with Crippen molar-refractivity contribution in [3.8, 4) is 11.5 Å². The monoisotopic (exact) mass is 488 g/mol. The van der Waals surface area contributed by atoms with Crippen molar-refractivity contribution >= 4 is 33.2 Å². The van der Waals surface area contributed by atoms with E-state index in [4.69, 9.17) is 21.1 Å². The van der Waals surface area contributed by atoms with Gasteiger partial charge in [-0.1, -0.05) is 29.8 Å². The second kappa shape index (κ2) is 10.6. The fourth-order valence-corrected chi connectivity index (χ4v) is 4.42. The van der Waals surface area contributed by atoms with Crippen LogP contribution in [0.3, 0.4) is 0 Å². The quantitative estimate of drug-likeness (QED) is 0.452. The summed E-state index contributed by atoms with van der Waals surface area (Å²) in [5.41, 5.74) is 2.18. The Morgan fingerprint density at radius 2 is 1.82 bits per heavy atom.